The number of hydrogen-bond donors (Lipinski definition) is 1. The van der Waals surface area contributed by atoms with Crippen molar-refractivity contribution in [3.8, 4) is 0 Å². The molecule has 1 aliphatic heterocycles. The topological polar surface area (TPSA) is 62.3 Å². The van der Waals surface area contributed by atoms with E-state index in [-0.39, 0.29) is 24.8 Å². The number of amides is 2. The van der Waals surface area contributed by atoms with Crippen LogP contribution in [0.4, 0.5) is 5.69 Å². The van der Waals surface area contributed by atoms with Crippen LogP contribution in [0.5, 0.6) is 0 Å². The first-order valence-electron chi connectivity index (χ1n) is 7.48. The molecule has 1 atom stereocenters. The summed E-state index contributed by atoms with van der Waals surface area (Å²) in [4.78, 5) is 30.2. The van der Waals surface area contributed by atoms with E-state index in [1.165, 1.54) is 4.90 Å². The summed E-state index contributed by atoms with van der Waals surface area (Å²) in [5.41, 5.74) is 1.23. The molecule has 2 aromatic rings. The fraction of sp³-hybridized carbons (Fsp3) is 0.235. The Kier molecular flexibility index (Phi) is 5.02. The van der Waals surface area contributed by atoms with E-state index in [4.69, 9.17) is 23.2 Å². The van der Waals surface area contributed by atoms with Gasteiger partial charge in [0.2, 0.25) is 11.8 Å². The van der Waals surface area contributed by atoms with Crippen molar-refractivity contribution in [2.45, 2.75) is 13.0 Å². The Morgan fingerprint density at radius 3 is 2.62 bits per heavy atom. The summed E-state index contributed by atoms with van der Waals surface area (Å²) in [6.45, 7) is 0.591. The number of carbonyl (C=O) groups excluding carboxylic acids is 2. The van der Waals surface area contributed by atoms with Crippen molar-refractivity contribution in [3.63, 3.8) is 0 Å². The second kappa shape index (κ2) is 7.20. The van der Waals surface area contributed by atoms with Gasteiger partial charge in [-0.3, -0.25) is 14.6 Å². The molecule has 1 N–H and O–H groups in total. The van der Waals surface area contributed by atoms with Gasteiger partial charge in [0.15, 0.2) is 0 Å². The number of nitrogens with zero attached hydrogens (tertiary/aromatic N) is 2. The van der Waals surface area contributed by atoms with Gasteiger partial charge in [-0.05, 0) is 24.3 Å². The number of benzene rings is 1. The molecule has 2 heterocycles. The molecule has 124 valence electrons. The third-order valence-corrected chi connectivity index (χ3v) is 4.48. The number of halogens is 2. The Hall–Kier alpha value is -2.11. The monoisotopic (exact) mass is 363 g/mol. The summed E-state index contributed by atoms with van der Waals surface area (Å²) in [7, 11) is 0. The van der Waals surface area contributed by atoms with Gasteiger partial charge >= 0.3 is 0 Å². The Labute approximate surface area is 149 Å². The van der Waals surface area contributed by atoms with Crippen molar-refractivity contribution in [3.05, 3.63) is 58.3 Å². The summed E-state index contributed by atoms with van der Waals surface area (Å²) in [5, 5.41) is 3.60. The van der Waals surface area contributed by atoms with E-state index in [0.717, 1.165) is 5.69 Å². The minimum atomic E-state index is -0.437. The number of anilines is 1. The van der Waals surface area contributed by atoms with Crippen LogP contribution in [0.15, 0.2) is 42.6 Å². The van der Waals surface area contributed by atoms with Crippen molar-refractivity contribution in [1.82, 2.24) is 10.3 Å². The Morgan fingerprint density at radius 2 is 1.96 bits per heavy atom. The molecule has 3 rings (SSSR count). The van der Waals surface area contributed by atoms with Crippen LogP contribution >= 0.6 is 23.2 Å². The molecule has 0 aliphatic carbocycles. The Bertz CT molecular complexity index is 747. The van der Waals surface area contributed by atoms with Crippen molar-refractivity contribution >= 4 is 40.7 Å². The van der Waals surface area contributed by atoms with Crippen LogP contribution in [0.1, 0.15) is 12.1 Å². The molecule has 7 heteroatoms. The molecule has 0 spiro atoms. The Morgan fingerprint density at radius 1 is 1.21 bits per heavy atom. The molecule has 1 fully saturated rings. The van der Waals surface area contributed by atoms with E-state index in [1.54, 1.807) is 24.4 Å². The predicted molar refractivity (Wildman–Crippen MR) is 93.0 cm³/mol. The van der Waals surface area contributed by atoms with Crippen LogP contribution in [0.3, 0.4) is 0 Å². The second-order valence-corrected chi connectivity index (χ2v) is 6.33. The van der Waals surface area contributed by atoms with Gasteiger partial charge in [-0.2, -0.15) is 0 Å². The molecule has 1 aliphatic rings. The van der Waals surface area contributed by atoms with Gasteiger partial charge in [-0.15, -0.1) is 0 Å². The molecule has 5 nitrogen and oxygen atoms in total. The minimum Gasteiger partial charge on any atom is -0.350 e. The molecule has 2 amide bonds. The van der Waals surface area contributed by atoms with Crippen LogP contribution in [-0.2, 0) is 16.1 Å². The number of para-hydroxylation sites is 1. The number of hydrogen-bond acceptors (Lipinski definition) is 3. The molecular formula is C17H15Cl2N3O2. The van der Waals surface area contributed by atoms with Crippen molar-refractivity contribution in [2.75, 3.05) is 11.4 Å². The summed E-state index contributed by atoms with van der Waals surface area (Å²) >= 11 is 12.3. The Balaban J connectivity index is 1.67. The van der Waals surface area contributed by atoms with Gasteiger partial charge in [0.25, 0.3) is 0 Å². The third kappa shape index (κ3) is 3.52. The first-order valence-corrected chi connectivity index (χ1v) is 8.24. The van der Waals surface area contributed by atoms with E-state index in [2.05, 4.69) is 10.3 Å². The van der Waals surface area contributed by atoms with Gasteiger partial charge in [-0.1, -0.05) is 35.3 Å². The smallest absolute Gasteiger partial charge is 0.227 e. The van der Waals surface area contributed by atoms with Crippen LogP contribution in [-0.4, -0.2) is 23.3 Å². The highest BCUT2D eigenvalue weighted by molar-refractivity contribution is 6.40. The van der Waals surface area contributed by atoms with Crippen LogP contribution in [0.25, 0.3) is 0 Å². The second-order valence-electron chi connectivity index (χ2n) is 5.51. The summed E-state index contributed by atoms with van der Waals surface area (Å²) in [5.74, 6) is -0.781. The summed E-state index contributed by atoms with van der Waals surface area (Å²) in [6.07, 6.45) is 1.80. The highest BCUT2D eigenvalue weighted by Crippen LogP contribution is 2.37. The van der Waals surface area contributed by atoms with E-state index < -0.39 is 5.92 Å². The fourth-order valence-electron chi connectivity index (χ4n) is 2.67. The van der Waals surface area contributed by atoms with E-state index >= 15 is 0 Å². The zero-order valence-electron chi connectivity index (χ0n) is 12.7. The maximum Gasteiger partial charge on any atom is 0.227 e. The largest absolute Gasteiger partial charge is 0.350 e. The van der Waals surface area contributed by atoms with Crippen molar-refractivity contribution in [2.24, 2.45) is 5.92 Å². The fourth-order valence-corrected chi connectivity index (χ4v) is 3.27. The first kappa shape index (κ1) is 16.7. The zero-order valence-corrected chi connectivity index (χ0v) is 14.2. The zero-order chi connectivity index (χ0) is 17.1. The van der Waals surface area contributed by atoms with Gasteiger partial charge < -0.3 is 10.2 Å². The molecular weight excluding hydrogens is 349 g/mol. The van der Waals surface area contributed by atoms with Crippen molar-refractivity contribution < 1.29 is 9.59 Å². The number of aromatic nitrogens is 1. The normalized spacial score (nSPS) is 17.2. The number of rotatable bonds is 4. The highest BCUT2D eigenvalue weighted by atomic mass is 35.5. The quantitative estimate of drug-likeness (QED) is 0.907. The summed E-state index contributed by atoms with van der Waals surface area (Å²) < 4.78 is 0. The van der Waals surface area contributed by atoms with E-state index in [0.29, 0.717) is 22.3 Å². The summed E-state index contributed by atoms with van der Waals surface area (Å²) in [6, 6.07) is 10.6. The standard InChI is InChI=1S/C17H15Cl2N3O2/c18-13-5-3-6-14(19)16(13)22-10-11(8-15(22)23)17(24)21-9-12-4-1-2-7-20-12/h1-7,11H,8-10H2,(H,21,24). The lowest BCUT2D eigenvalue weighted by atomic mass is 10.1. The number of carbonyl (C=O) groups is 2. The average molecular weight is 364 g/mol. The molecule has 24 heavy (non-hydrogen) atoms. The predicted octanol–water partition coefficient (Wildman–Crippen LogP) is 3.06. The third-order valence-electron chi connectivity index (χ3n) is 3.87. The molecule has 1 aromatic heterocycles. The van der Waals surface area contributed by atoms with E-state index in [9.17, 15) is 9.59 Å². The number of pyridine rings is 1. The molecule has 1 aromatic carbocycles. The molecule has 1 unspecified atom stereocenters. The van der Waals surface area contributed by atoms with Crippen LogP contribution in [0.2, 0.25) is 10.0 Å². The number of nitrogens with one attached hydrogen (secondary N) is 1. The lowest BCUT2D eigenvalue weighted by molar-refractivity contribution is -0.126. The average Bonchev–Trinajstić information content (AvgIpc) is 2.95. The van der Waals surface area contributed by atoms with Gasteiger partial charge in [0.1, 0.15) is 0 Å². The molecule has 0 saturated carbocycles. The lowest BCUT2D eigenvalue weighted by Crippen LogP contribution is -2.33. The molecule has 1 saturated heterocycles. The SMILES string of the molecule is O=C(NCc1ccccn1)C1CC(=O)N(c2c(Cl)cccc2Cl)C1. The van der Waals surface area contributed by atoms with E-state index in [1.807, 2.05) is 18.2 Å². The van der Waals surface area contributed by atoms with Gasteiger partial charge in [-0.25, -0.2) is 0 Å². The maximum absolute atomic E-state index is 12.3. The van der Waals surface area contributed by atoms with Crippen LogP contribution in [0, 0.1) is 5.92 Å². The van der Waals surface area contributed by atoms with Crippen molar-refractivity contribution in [1.29, 1.82) is 0 Å². The lowest BCUT2D eigenvalue weighted by Gasteiger charge is -2.19. The van der Waals surface area contributed by atoms with Gasteiger partial charge in [0, 0.05) is 19.2 Å². The van der Waals surface area contributed by atoms with Crippen LogP contribution < -0.4 is 10.2 Å². The van der Waals surface area contributed by atoms with Gasteiger partial charge in [0.05, 0.1) is 33.9 Å². The minimum absolute atomic E-state index is 0.135. The highest BCUT2D eigenvalue weighted by Gasteiger charge is 2.36. The first-order chi connectivity index (χ1) is 11.6. The molecule has 0 bridgehead atoms. The molecule has 0 radical (unpaired) electrons. The maximum atomic E-state index is 12.3.